The molecular weight excluding hydrogens is 140 g/mol. The first-order chi connectivity index (χ1) is 5.40. The maximum Gasteiger partial charge on any atom is 0.233 e. The van der Waals surface area contributed by atoms with E-state index in [2.05, 4.69) is 0 Å². The summed E-state index contributed by atoms with van der Waals surface area (Å²) in [4.78, 5) is 10.2. The smallest absolute Gasteiger partial charge is 0.233 e. The van der Waals surface area contributed by atoms with Crippen LogP contribution in [-0.4, -0.2) is 6.29 Å². The maximum absolute atomic E-state index is 10.2. The maximum atomic E-state index is 10.2. The quantitative estimate of drug-likeness (QED) is 0.613. The predicted molar refractivity (Wildman–Crippen MR) is 41.0 cm³/mol. The molecule has 1 aromatic carbocycles. The van der Waals surface area contributed by atoms with Gasteiger partial charge < -0.3 is 4.42 Å². The molecule has 0 aliphatic carbocycles. The zero-order valence-corrected chi connectivity index (χ0v) is 5.70. The van der Waals surface area contributed by atoms with Crippen molar-refractivity contribution in [3.05, 3.63) is 36.1 Å². The minimum atomic E-state index is 0.555. The van der Waals surface area contributed by atoms with E-state index in [9.17, 15) is 4.79 Å². The molecule has 0 aliphatic rings. The first-order valence-electron chi connectivity index (χ1n) is 3.25. The van der Waals surface area contributed by atoms with Gasteiger partial charge in [0.15, 0.2) is 0 Å². The third-order valence-corrected chi connectivity index (χ3v) is 1.57. The zero-order valence-electron chi connectivity index (χ0n) is 5.70. The van der Waals surface area contributed by atoms with Crippen molar-refractivity contribution in [3.63, 3.8) is 0 Å². The Kier molecular flexibility index (Phi) is 1.25. The van der Waals surface area contributed by atoms with Crippen LogP contribution in [0, 0.1) is 0 Å². The first kappa shape index (κ1) is 6.16. The molecule has 1 aromatic heterocycles. The van der Waals surface area contributed by atoms with Crippen molar-refractivity contribution in [1.82, 2.24) is 0 Å². The fourth-order valence-electron chi connectivity index (χ4n) is 1.03. The lowest BCUT2D eigenvalue weighted by molar-refractivity contribution is 0.563. The molecule has 0 bridgehead atoms. The molecule has 11 heavy (non-hydrogen) atoms. The Morgan fingerprint density at radius 3 is 3.00 bits per heavy atom. The minimum Gasteiger partial charge on any atom is -0.464 e. The average molecular weight is 145 g/mol. The van der Waals surface area contributed by atoms with Gasteiger partial charge >= 0.3 is 0 Å². The summed E-state index contributed by atoms with van der Waals surface area (Å²) in [6.45, 7) is 0. The Labute approximate surface area is 63.4 Å². The van der Waals surface area contributed by atoms with Crippen LogP contribution in [0.15, 0.2) is 34.9 Å². The van der Waals surface area contributed by atoms with Gasteiger partial charge in [0.25, 0.3) is 0 Å². The van der Waals surface area contributed by atoms with Crippen LogP contribution in [0.3, 0.4) is 0 Å². The lowest BCUT2D eigenvalue weighted by Gasteiger charge is -1.87. The van der Waals surface area contributed by atoms with E-state index < -0.39 is 0 Å². The standard InChI is InChI=1S/C9H5O2/c10-6-7-1-2-9-8(5-7)3-4-11-9/h1-5H. The topological polar surface area (TPSA) is 30.2 Å². The van der Waals surface area contributed by atoms with Gasteiger partial charge in [0.1, 0.15) is 5.58 Å². The monoisotopic (exact) mass is 145 g/mol. The van der Waals surface area contributed by atoms with Gasteiger partial charge in [-0.3, -0.25) is 4.79 Å². The van der Waals surface area contributed by atoms with E-state index in [4.69, 9.17) is 4.42 Å². The van der Waals surface area contributed by atoms with Gasteiger partial charge in [-0.25, -0.2) is 0 Å². The Morgan fingerprint density at radius 2 is 2.18 bits per heavy atom. The van der Waals surface area contributed by atoms with E-state index in [0.29, 0.717) is 5.56 Å². The van der Waals surface area contributed by atoms with Crippen molar-refractivity contribution >= 4 is 17.3 Å². The van der Waals surface area contributed by atoms with Crippen LogP contribution >= 0.6 is 0 Å². The molecule has 2 rings (SSSR count). The van der Waals surface area contributed by atoms with Crippen molar-refractivity contribution in [1.29, 1.82) is 0 Å². The molecule has 0 fully saturated rings. The summed E-state index contributed by atoms with van der Waals surface area (Å²) in [6, 6.07) is 7.00. The number of carbonyl (C=O) groups excluding carboxylic acids is 1. The summed E-state index contributed by atoms with van der Waals surface area (Å²) in [5, 5.41) is 0.936. The van der Waals surface area contributed by atoms with Crippen molar-refractivity contribution in [2.75, 3.05) is 0 Å². The number of benzene rings is 1. The number of hydrogen-bond donors (Lipinski definition) is 0. The number of hydrogen-bond acceptors (Lipinski definition) is 2. The molecule has 0 unspecified atom stereocenters. The number of fused-ring (bicyclic) bond motifs is 1. The van der Waals surface area contributed by atoms with Gasteiger partial charge in [0.05, 0.1) is 6.26 Å². The summed E-state index contributed by atoms with van der Waals surface area (Å²) in [7, 11) is 0. The molecule has 0 amide bonds. The van der Waals surface area contributed by atoms with Gasteiger partial charge in [0.2, 0.25) is 6.29 Å². The Bertz CT molecular complexity index is 387. The van der Waals surface area contributed by atoms with Gasteiger partial charge in [0, 0.05) is 10.9 Å². The van der Waals surface area contributed by atoms with Crippen LogP contribution in [0.25, 0.3) is 11.0 Å². The molecule has 2 aromatic rings. The molecule has 0 atom stereocenters. The number of furan rings is 1. The van der Waals surface area contributed by atoms with Crippen molar-refractivity contribution in [2.24, 2.45) is 0 Å². The molecule has 1 heterocycles. The van der Waals surface area contributed by atoms with E-state index in [1.807, 2.05) is 12.4 Å². The van der Waals surface area contributed by atoms with Gasteiger partial charge in [-0.2, -0.15) is 0 Å². The molecule has 1 radical (unpaired) electrons. The van der Waals surface area contributed by atoms with E-state index >= 15 is 0 Å². The molecular formula is C9H5O2. The average Bonchev–Trinajstić information content (AvgIpc) is 2.50. The molecule has 2 nitrogen and oxygen atoms in total. The summed E-state index contributed by atoms with van der Waals surface area (Å²) >= 11 is 0. The molecule has 0 saturated heterocycles. The van der Waals surface area contributed by atoms with Crippen LogP contribution in [0.4, 0.5) is 0 Å². The van der Waals surface area contributed by atoms with Crippen LogP contribution in [0.1, 0.15) is 5.56 Å². The molecule has 0 spiro atoms. The van der Waals surface area contributed by atoms with Crippen molar-refractivity contribution in [2.45, 2.75) is 0 Å². The zero-order chi connectivity index (χ0) is 7.68. The second-order valence-corrected chi connectivity index (χ2v) is 2.28. The third-order valence-electron chi connectivity index (χ3n) is 1.57. The Hall–Kier alpha value is -1.57. The van der Waals surface area contributed by atoms with E-state index in [0.717, 1.165) is 11.0 Å². The molecule has 0 saturated carbocycles. The van der Waals surface area contributed by atoms with Gasteiger partial charge in [-0.15, -0.1) is 0 Å². The third kappa shape index (κ3) is 0.923. The summed E-state index contributed by atoms with van der Waals surface area (Å²) < 4.78 is 5.09. The van der Waals surface area contributed by atoms with Crippen LogP contribution in [0.2, 0.25) is 0 Å². The van der Waals surface area contributed by atoms with Crippen molar-refractivity contribution in [3.8, 4) is 0 Å². The van der Waals surface area contributed by atoms with E-state index in [1.165, 1.54) is 0 Å². The van der Waals surface area contributed by atoms with Crippen LogP contribution in [0.5, 0.6) is 0 Å². The van der Waals surface area contributed by atoms with Gasteiger partial charge in [-0.1, -0.05) is 0 Å². The Balaban J connectivity index is 2.76. The lowest BCUT2D eigenvalue weighted by atomic mass is 10.2. The fraction of sp³-hybridized carbons (Fsp3) is 0. The molecule has 53 valence electrons. The molecule has 0 N–H and O–H groups in total. The second-order valence-electron chi connectivity index (χ2n) is 2.28. The van der Waals surface area contributed by atoms with Crippen LogP contribution < -0.4 is 0 Å². The highest BCUT2D eigenvalue weighted by atomic mass is 16.3. The van der Waals surface area contributed by atoms with E-state index in [1.54, 1.807) is 24.5 Å². The second kappa shape index (κ2) is 2.23. The number of rotatable bonds is 1. The summed E-state index contributed by atoms with van der Waals surface area (Å²) in [5.41, 5.74) is 1.35. The summed E-state index contributed by atoms with van der Waals surface area (Å²) in [6.07, 6.45) is 3.41. The lowest BCUT2D eigenvalue weighted by Crippen LogP contribution is -1.76. The highest BCUT2D eigenvalue weighted by molar-refractivity contribution is 5.85. The largest absolute Gasteiger partial charge is 0.464 e. The molecule has 0 aliphatic heterocycles. The first-order valence-corrected chi connectivity index (χ1v) is 3.25. The fourth-order valence-corrected chi connectivity index (χ4v) is 1.03. The normalized spacial score (nSPS) is 10.2. The SMILES string of the molecule is O=[C]c1ccc2occc2c1. The Morgan fingerprint density at radius 1 is 1.27 bits per heavy atom. The highest BCUT2D eigenvalue weighted by Crippen LogP contribution is 2.15. The highest BCUT2D eigenvalue weighted by Gasteiger charge is 1.96. The predicted octanol–water partition coefficient (Wildman–Crippen LogP) is 1.89. The molecule has 2 heteroatoms. The minimum absolute atomic E-state index is 0.555. The summed E-state index contributed by atoms with van der Waals surface area (Å²) in [5.74, 6) is 0. The van der Waals surface area contributed by atoms with Crippen LogP contribution in [-0.2, 0) is 4.79 Å². The van der Waals surface area contributed by atoms with Crippen molar-refractivity contribution < 1.29 is 9.21 Å². The van der Waals surface area contributed by atoms with E-state index in [-0.39, 0.29) is 0 Å². The van der Waals surface area contributed by atoms with Gasteiger partial charge in [-0.05, 0) is 24.3 Å².